The Labute approximate surface area is 196 Å². The van der Waals surface area contributed by atoms with Crippen LogP contribution in [0.3, 0.4) is 0 Å². The van der Waals surface area contributed by atoms with Crippen LogP contribution in [0.5, 0.6) is 17.2 Å². The zero-order valence-corrected chi connectivity index (χ0v) is 20.1. The fourth-order valence-electron chi connectivity index (χ4n) is 3.44. The summed E-state index contributed by atoms with van der Waals surface area (Å²) in [5.41, 5.74) is 2.44. The van der Waals surface area contributed by atoms with Gasteiger partial charge in [0.05, 0.1) is 0 Å². The Morgan fingerprint density at radius 3 is 1.94 bits per heavy atom. The van der Waals surface area contributed by atoms with Crippen LogP contribution in [0.15, 0.2) is 78.9 Å². The Hall–Kier alpha value is -3.31. The zero-order chi connectivity index (χ0) is 23.8. The highest BCUT2D eigenvalue weighted by atomic mass is 16.7. The third-order valence-corrected chi connectivity index (χ3v) is 5.22. The Morgan fingerprint density at radius 1 is 0.848 bits per heavy atom. The van der Waals surface area contributed by atoms with Gasteiger partial charge in [0.2, 0.25) is 0 Å². The molecule has 3 rings (SSSR count). The second kappa shape index (κ2) is 11.0. The van der Waals surface area contributed by atoms with Gasteiger partial charge in [0, 0.05) is 26.9 Å². The number of ether oxygens (including phenoxy) is 2. The molecule has 0 bridgehead atoms. The molecule has 33 heavy (non-hydrogen) atoms. The Kier molecular flexibility index (Phi) is 8.12. The van der Waals surface area contributed by atoms with Crippen LogP contribution in [-0.2, 0) is 15.0 Å². The molecule has 174 valence electrons. The van der Waals surface area contributed by atoms with Gasteiger partial charge in [0.1, 0.15) is 23.4 Å². The molecule has 0 aliphatic rings. The maximum absolute atomic E-state index is 11.2. The SMILES string of the molecule is CC(=O)ON(C)CCC(Oc1ccc(Oc2ccc(C(C)(C)C)cc2)cc1)c1ccccc1. The molecule has 0 radical (unpaired) electrons. The predicted molar refractivity (Wildman–Crippen MR) is 130 cm³/mol. The monoisotopic (exact) mass is 447 g/mol. The van der Waals surface area contributed by atoms with Gasteiger partial charge in [0.15, 0.2) is 0 Å². The van der Waals surface area contributed by atoms with E-state index in [1.54, 1.807) is 7.05 Å². The first-order valence-corrected chi connectivity index (χ1v) is 11.2. The first-order chi connectivity index (χ1) is 15.7. The number of rotatable bonds is 9. The number of nitrogens with zero attached hydrogens (tertiary/aromatic N) is 1. The van der Waals surface area contributed by atoms with Crippen molar-refractivity contribution in [1.82, 2.24) is 5.06 Å². The molecule has 3 aromatic rings. The summed E-state index contributed by atoms with van der Waals surface area (Å²) >= 11 is 0. The van der Waals surface area contributed by atoms with Gasteiger partial charge in [-0.15, -0.1) is 5.06 Å². The summed E-state index contributed by atoms with van der Waals surface area (Å²) in [7, 11) is 1.74. The summed E-state index contributed by atoms with van der Waals surface area (Å²) in [5.74, 6) is 1.96. The molecule has 0 aliphatic carbocycles. The molecule has 0 spiro atoms. The van der Waals surface area contributed by atoms with E-state index in [0.717, 1.165) is 22.8 Å². The molecule has 0 saturated carbocycles. The van der Waals surface area contributed by atoms with E-state index < -0.39 is 0 Å². The Morgan fingerprint density at radius 2 is 1.39 bits per heavy atom. The van der Waals surface area contributed by atoms with Crippen LogP contribution in [0.4, 0.5) is 0 Å². The lowest BCUT2D eigenvalue weighted by atomic mass is 9.87. The van der Waals surface area contributed by atoms with Crippen molar-refractivity contribution in [3.05, 3.63) is 90.0 Å². The molecule has 0 fully saturated rings. The molecule has 0 saturated heterocycles. The fourth-order valence-corrected chi connectivity index (χ4v) is 3.44. The Balaban J connectivity index is 1.65. The lowest BCUT2D eigenvalue weighted by Crippen LogP contribution is -2.25. The minimum atomic E-state index is -0.335. The van der Waals surface area contributed by atoms with Crippen LogP contribution in [0.2, 0.25) is 0 Å². The number of benzene rings is 3. The fraction of sp³-hybridized carbons (Fsp3) is 0.321. The predicted octanol–water partition coefficient (Wildman–Crippen LogP) is 6.70. The summed E-state index contributed by atoms with van der Waals surface area (Å²) in [5, 5.41) is 1.53. The van der Waals surface area contributed by atoms with Gasteiger partial charge in [-0.2, -0.15) is 0 Å². The molecule has 5 heteroatoms. The highest BCUT2D eigenvalue weighted by Crippen LogP contribution is 2.30. The van der Waals surface area contributed by atoms with E-state index in [4.69, 9.17) is 14.3 Å². The molecule has 5 nitrogen and oxygen atoms in total. The lowest BCUT2D eigenvalue weighted by Gasteiger charge is -2.22. The number of carbonyl (C=O) groups is 1. The van der Waals surface area contributed by atoms with E-state index in [-0.39, 0.29) is 17.5 Å². The van der Waals surface area contributed by atoms with Crippen LogP contribution in [-0.4, -0.2) is 24.6 Å². The lowest BCUT2D eigenvalue weighted by molar-refractivity contribution is -0.182. The van der Waals surface area contributed by atoms with E-state index in [1.807, 2.05) is 66.7 Å². The molecule has 1 unspecified atom stereocenters. The second-order valence-electron chi connectivity index (χ2n) is 9.09. The maximum atomic E-state index is 11.2. The van der Waals surface area contributed by atoms with E-state index in [2.05, 4.69) is 32.9 Å². The summed E-state index contributed by atoms with van der Waals surface area (Å²) in [6.07, 6.45) is 0.479. The van der Waals surface area contributed by atoms with E-state index >= 15 is 0 Å². The van der Waals surface area contributed by atoms with Crippen LogP contribution in [0, 0.1) is 0 Å². The van der Waals surface area contributed by atoms with Crippen molar-refractivity contribution in [2.24, 2.45) is 0 Å². The molecule has 0 aliphatic heterocycles. The van der Waals surface area contributed by atoms with Gasteiger partial charge < -0.3 is 14.3 Å². The first kappa shape index (κ1) is 24.3. The minimum Gasteiger partial charge on any atom is -0.486 e. The highest BCUT2D eigenvalue weighted by molar-refractivity contribution is 5.65. The van der Waals surface area contributed by atoms with Gasteiger partial charge in [-0.05, 0) is 52.9 Å². The molecule has 0 N–H and O–H groups in total. The minimum absolute atomic E-state index is 0.111. The van der Waals surface area contributed by atoms with Crippen molar-refractivity contribution in [3.8, 4) is 17.2 Å². The zero-order valence-electron chi connectivity index (χ0n) is 20.1. The third-order valence-electron chi connectivity index (χ3n) is 5.22. The summed E-state index contributed by atoms with van der Waals surface area (Å²) in [4.78, 5) is 16.3. The van der Waals surface area contributed by atoms with Gasteiger partial charge in [-0.1, -0.05) is 63.2 Å². The topological polar surface area (TPSA) is 48.0 Å². The van der Waals surface area contributed by atoms with Gasteiger partial charge in [-0.25, -0.2) is 0 Å². The van der Waals surface area contributed by atoms with Crippen molar-refractivity contribution in [2.75, 3.05) is 13.6 Å². The maximum Gasteiger partial charge on any atom is 0.322 e. The van der Waals surface area contributed by atoms with E-state index in [0.29, 0.717) is 13.0 Å². The average Bonchev–Trinajstić information content (AvgIpc) is 2.77. The molecular weight excluding hydrogens is 414 g/mol. The van der Waals surface area contributed by atoms with Gasteiger partial charge in [0.25, 0.3) is 0 Å². The number of hydroxylamine groups is 2. The van der Waals surface area contributed by atoms with E-state index in [9.17, 15) is 4.79 Å². The molecule has 0 amide bonds. The molecule has 0 heterocycles. The molecule has 3 aromatic carbocycles. The Bertz CT molecular complexity index is 1010. The summed E-state index contributed by atoms with van der Waals surface area (Å²) in [6.45, 7) is 8.52. The van der Waals surface area contributed by atoms with E-state index in [1.165, 1.54) is 17.6 Å². The molecular formula is C28H33NO4. The first-order valence-electron chi connectivity index (χ1n) is 11.2. The largest absolute Gasteiger partial charge is 0.486 e. The highest BCUT2D eigenvalue weighted by Gasteiger charge is 2.16. The van der Waals surface area contributed by atoms with Crippen molar-refractivity contribution >= 4 is 5.97 Å². The number of carbonyl (C=O) groups excluding carboxylic acids is 1. The molecule has 0 aromatic heterocycles. The van der Waals surface area contributed by atoms with Crippen molar-refractivity contribution in [3.63, 3.8) is 0 Å². The number of hydrogen-bond donors (Lipinski definition) is 0. The van der Waals surface area contributed by atoms with Crippen molar-refractivity contribution in [2.45, 2.75) is 45.6 Å². The summed E-state index contributed by atoms with van der Waals surface area (Å²) in [6, 6.07) is 25.8. The standard InChI is InChI=1S/C28H33NO4/c1-21(30)33-29(5)20-19-27(22-9-7-6-8-10-22)32-26-17-15-25(16-18-26)31-24-13-11-23(12-14-24)28(2,3)4/h6-18,27H,19-20H2,1-5H3. The normalized spacial score (nSPS) is 12.3. The summed E-state index contributed by atoms with van der Waals surface area (Å²) < 4.78 is 12.3. The van der Waals surface area contributed by atoms with Gasteiger partial charge in [-0.3, -0.25) is 4.79 Å². The smallest absolute Gasteiger partial charge is 0.322 e. The van der Waals surface area contributed by atoms with Crippen molar-refractivity contribution < 1.29 is 19.1 Å². The van der Waals surface area contributed by atoms with Gasteiger partial charge >= 0.3 is 5.97 Å². The quantitative estimate of drug-likeness (QED) is 0.342. The third kappa shape index (κ3) is 7.65. The molecule has 1 atom stereocenters. The van der Waals surface area contributed by atoms with Crippen molar-refractivity contribution in [1.29, 1.82) is 0 Å². The second-order valence-corrected chi connectivity index (χ2v) is 9.09. The van der Waals surface area contributed by atoms with Crippen LogP contribution < -0.4 is 9.47 Å². The van der Waals surface area contributed by atoms with Crippen LogP contribution in [0.25, 0.3) is 0 Å². The van der Waals surface area contributed by atoms with Crippen LogP contribution >= 0.6 is 0 Å². The average molecular weight is 448 g/mol. The van der Waals surface area contributed by atoms with Crippen LogP contribution in [0.1, 0.15) is 51.3 Å². The number of hydrogen-bond acceptors (Lipinski definition) is 5.